The van der Waals surface area contributed by atoms with Crippen LogP contribution >= 0.6 is 15.9 Å². The summed E-state index contributed by atoms with van der Waals surface area (Å²) in [4.78, 5) is 60.6. The number of halogens is 1. The Morgan fingerprint density at radius 2 is 1.81 bits per heavy atom. The van der Waals surface area contributed by atoms with Crippen LogP contribution in [0.4, 0.5) is 5.82 Å². The summed E-state index contributed by atoms with van der Waals surface area (Å²) in [6.07, 6.45) is 5.44. The smallest absolute Gasteiger partial charge is 0.255 e. The third-order valence-corrected chi connectivity index (χ3v) is 10.2. The van der Waals surface area contributed by atoms with E-state index >= 15 is 0 Å². The van der Waals surface area contributed by atoms with Crippen molar-refractivity contribution >= 4 is 56.3 Å². The Morgan fingerprint density at radius 3 is 2.60 bits per heavy atom. The van der Waals surface area contributed by atoms with E-state index in [1.54, 1.807) is 19.2 Å². The number of amides is 4. The first kappa shape index (κ1) is 37.7. The first-order chi connectivity index (χ1) is 25.6. The number of nitrogens with zero attached hydrogens (tertiary/aromatic N) is 3. The van der Waals surface area contributed by atoms with Crippen molar-refractivity contribution < 1.29 is 28.7 Å². The lowest BCUT2D eigenvalue weighted by Crippen LogP contribution is -2.52. The van der Waals surface area contributed by atoms with Crippen molar-refractivity contribution in [1.29, 1.82) is 0 Å². The maximum absolute atomic E-state index is 13.1. The maximum Gasteiger partial charge on any atom is 0.255 e. The van der Waals surface area contributed by atoms with Crippen molar-refractivity contribution in [3.63, 3.8) is 0 Å². The highest BCUT2D eigenvalue weighted by atomic mass is 79.9. The lowest BCUT2D eigenvalue weighted by atomic mass is 10.0. The molecule has 6 rings (SSSR count). The average molecular weight is 786 g/mol. The Bertz CT molecular complexity index is 2020. The fourth-order valence-electron chi connectivity index (χ4n) is 6.90. The van der Waals surface area contributed by atoms with E-state index < -0.39 is 11.9 Å². The zero-order chi connectivity index (χ0) is 37.5. The molecule has 53 heavy (non-hydrogen) atoms. The van der Waals surface area contributed by atoms with E-state index in [1.165, 1.54) is 4.90 Å². The molecule has 278 valence electrons. The van der Waals surface area contributed by atoms with Crippen LogP contribution < -0.4 is 25.4 Å². The van der Waals surface area contributed by atoms with Gasteiger partial charge in [0, 0.05) is 47.4 Å². The zero-order valence-corrected chi connectivity index (χ0v) is 31.9. The number of imide groups is 1. The van der Waals surface area contributed by atoms with E-state index in [0.29, 0.717) is 48.9 Å². The minimum atomic E-state index is -0.670. The average Bonchev–Trinajstić information content (AvgIpc) is 3.47. The number of anilines is 1. The molecule has 3 N–H and O–H groups in total. The number of methoxy groups -OCH3 is 1. The van der Waals surface area contributed by atoms with Crippen molar-refractivity contribution in [3.8, 4) is 11.5 Å². The van der Waals surface area contributed by atoms with Gasteiger partial charge in [0.15, 0.2) is 11.5 Å². The molecule has 1 aromatic heterocycles. The van der Waals surface area contributed by atoms with Gasteiger partial charge in [-0.15, -0.1) is 0 Å². The van der Waals surface area contributed by atoms with Crippen LogP contribution in [-0.4, -0.2) is 58.3 Å². The monoisotopic (exact) mass is 784 g/mol. The van der Waals surface area contributed by atoms with Gasteiger partial charge >= 0.3 is 0 Å². The molecule has 0 saturated carbocycles. The molecule has 3 aromatic carbocycles. The van der Waals surface area contributed by atoms with Crippen LogP contribution in [0.5, 0.6) is 11.5 Å². The molecular formula is C40H45BrN6O6. The van der Waals surface area contributed by atoms with Gasteiger partial charge in [0.05, 0.1) is 25.3 Å². The summed E-state index contributed by atoms with van der Waals surface area (Å²) in [5, 5.41) is 9.71. The van der Waals surface area contributed by atoms with Crippen LogP contribution in [-0.2, 0) is 27.5 Å². The summed E-state index contributed by atoms with van der Waals surface area (Å²) < 4.78 is 12.9. The number of ether oxygens (including phenoxy) is 2. The number of benzene rings is 3. The second kappa shape index (κ2) is 17.2. The van der Waals surface area contributed by atoms with Gasteiger partial charge in [0.1, 0.15) is 17.7 Å². The van der Waals surface area contributed by atoms with Gasteiger partial charge in [-0.1, -0.05) is 59.5 Å². The van der Waals surface area contributed by atoms with Crippen LogP contribution in [0.3, 0.4) is 0 Å². The van der Waals surface area contributed by atoms with E-state index in [0.717, 1.165) is 70.0 Å². The van der Waals surface area contributed by atoms with Gasteiger partial charge in [-0.05, 0) is 74.1 Å². The molecule has 13 heteroatoms. The third-order valence-electron chi connectivity index (χ3n) is 9.76. The molecule has 0 bridgehead atoms. The molecule has 2 aliphatic rings. The number of carbonyl (C=O) groups excluding carboxylic acids is 4. The molecule has 2 aliphatic heterocycles. The fraction of sp³-hybridized carbons (Fsp3) is 0.400. The molecule has 12 nitrogen and oxygen atoms in total. The van der Waals surface area contributed by atoms with Crippen LogP contribution in [0.25, 0.3) is 10.9 Å². The lowest BCUT2D eigenvalue weighted by Gasteiger charge is -2.29. The second-order valence-electron chi connectivity index (χ2n) is 13.5. The topological polar surface area (TPSA) is 152 Å². The molecule has 4 aromatic rings. The molecule has 1 saturated heterocycles. The van der Waals surface area contributed by atoms with Crippen molar-refractivity contribution in [2.45, 2.75) is 90.4 Å². The number of hydrogen-bond acceptors (Lipinski definition) is 9. The standard InChI is InChI=1S/C40H45BrN6O6/c1-24(26-11-9-13-28(41)19-26)43-38-30-20-34(52-3)35(21-32(30)44-25(2)45-38)53-18-8-6-4-5-7-15-36(48)42-22-27-12-10-14-29-31(27)23-47(40(29)51)33-16-17-37(49)46-39(33)50/h9-14,19-21,24,33H,4-8,15-18,22-23H2,1-3H3,(H,42,48)(H,43,44,45)(H,46,49,50)/t24-,33?/m1/s1. The minimum Gasteiger partial charge on any atom is -0.493 e. The Kier molecular flexibility index (Phi) is 12.2. The number of aryl methyl sites for hydroxylation is 1. The minimum absolute atomic E-state index is 0.0196. The molecule has 0 radical (unpaired) electrons. The van der Waals surface area contributed by atoms with Gasteiger partial charge < -0.3 is 25.0 Å². The summed E-state index contributed by atoms with van der Waals surface area (Å²) in [6.45, 7) is 5.09. The molecule has 1 fully saturated rings. The number of carbonyl (C=O) groups is 4. The number of nitrogens with one attached hydrogen (secondary N) is 3. The van der Waals surface area contributed by atoms with E-state index in [-0.39, 0.29) is 36.7 Å². The third kappa shape index (κ3) is 9.13. The number of aromatic nitrogens is 2. The normalized spacial score (nSPS) is 16.0. The van der Waals surface area contributed by atoms with Crippen LogP contribution in [0, 0.1) is 6.92 Å². The predicted octanol–water partition coefficient (Wildman–Crippen LogP) is 6.68. The summed E-state index contributed by atoms with van der Waals surface area (Å²) in [5.74, 6) is 1.63. The van der Waals surface area contributed by atoms with Crippen LogP contribution in [0.1, 0.15) is 97.2 Å². The molecular weight excluding hydrogens is 740 g/mol. The zero-order valence-electron chi connectivity index (χ0n) is 30.3. The summed E-state index contributed by atoms with van der Waals surface area (Å²) in [6, 6.07) is 16.8. The van der Waals surface area contributed by atoms with Gasteiger partial charge in [0.25, 0.3) is 5.91 Å². The highest BCUT2D eigenvalue weighted by molar-refractivity contribution is 9.10. The van der Waals surface area contributed by atoms with E-state index in [4.69, 9.17) is 9.47 Å². The molecule has 3 heterocycles. The quantitative estimate of drug-likeness (QED) is 0.0835. The molecule has 0 spiro atoms. The van der Waals surface area contributed by atoms with E-state index in [2.05, 4.69) is 60.9 Å². The van der Waals surface area contributed by atoms with Gasteiger partial charge in [0.2, 0.25) is 17.7 Å². The Labute approximate surface area is 317 Å². The van der Waals surface area contributed by atoms with Crippen molar-refractivity contribution in [2.24, 2.45) is 0 Å². The number of piperidine rings is 1. The van der Waals surface area contributed by atoms with Crippen LogP contribution in [0.2, 0.25) is 0 Å². The van der Waals surface area contributed by atoms with Crippen molar-refractivity contribution in [3.05, 3.63) is 87.1 Å². The van der Waals surface area contributed by atoms with Crippen molar-refractivity contribution in [2.75, 3.05) is 19.0 Å². The van der Waals surface area contributed by atoms with Crippen LogP contribution in [0.15, 0.2) is 59.1 Å². The summed E-state index contributed by atoms with van der Waals surface area (Å²) in [5.41, 5.74) is 4.12. The molecule has 4 amide bonds. The molecule has 0 aliphatic carbocycles. The SMILES string of the molecule is COc1cc2c(N[C@H](C)c3cccc(Br)c3)nc(C)nc2cc1OCCCCCCCC(=O)NCc1cccc2c1CN(C1CCC(=O)NC1=O)C2=O. The molecule has 1 unspecified atom stereocenters. The lowest BCUT2D eigenvalue weighted by molar-refractivity contribution is -0.137. The number of hydrogen-bond donors (Lipinski definition) is 3. The first-order valence-corrected chi connectivity index (χ1v) is 18.9. The van der Waals surface area contributed by atoms with Gasteiger partial charge in [-0.25, -0.2) is 9.97 Å². The van der Waals surface area contributed by atoms with Crippen molar-refractivity contribution in [1.82, 2.24) is 25.5 Å². The Hall–Kier alpha value is -5.04. The second-order valence-corrected chi connectivity index (χ2v) is 14.5. The Morgan fingerprint density at radius 1 is 1.02 bits per heavy atom. The van der Waals surface area contributed by atoms with Gasteiger partial charge in [-0.2, -0.15) is 0 Å². The van der Waals surface area contributed by atoms with E-state index in [9.17, 15) is 19.2 Å². The molecule has 2 atom stereocenters. The number of rotatable bonds is 16. The summed E-state index contributed by atoms with van der Waals surface area (Å²) in [7, 11) is 1.63. The predicted molar refractivity (Wildman–Crippen MR) is 205 cm³/mol. The van der Waals surface area contributed by atoms with E-state index in [1.807, 2.05) is 37.3 Å². The Balaban J connectivity index is 0.920. The maximum atomic E-state index is 13.1. The van der Waals surface area contributed by atoms with Gasteiger partial charge in [-0.3, -0.25) is 24.5 Å². The highest BCUT2D eigenvalue weighted by Gasteiger charge is 2.39. The highest BCUT2D eigenvalue weighted by Crippen LogP contribution is 2.36. The fourth-order valence-corrected chi connectivity index (χ4v) is 7.31. The number of fused-ring (bicyclic) bond motifs is 2. The summed E-state index contributed by atoms with van der Waals surface area (Å²) >= 11 is 3.55. The largest absolute Gasteiger partial charge is 0.493 e. The first-order valence-electron chi connectivity index (χ1n) is 18.1. The number of unbranched alkanes of at least 4 members (excludes halogenated alkanes) is 4.